The minimum atomic E-state index is -0.256. The van der Waals surface area contributed by atoms with Crippen molar-refractivity contribution in [3.8, 4) is 5.75 Å². The van der Waals surface area contributed by atoms with Gasteiger partial charge >= 0.3 is 0 Å². The number of fused-ring (bicyclic) bond motifs is 2. The second-order valence-corrected chi connectivity index (χ2v) is 8.76. The number of nitrogens with zero attached hydrogens (tertiary/aromatic N) is 4. The topological polar surface area (TPSA) is 59.7 Å². The highest BCUT2D eigenvalue weighted by molar-refractivity contribution is 7.22. The summed E-state index contributed by atoms with van der Waals surface area (Å²) in [6.45, 7) is 0. The lowest BCUT2D eigenvalue weighted by molar-refractivity contribution is -0.113. The number of hydrogen-bond acceptors (Lipinski definition) is 6. The van der Waals surface area contributed by atoms with Crippen LogP contribution < -0.4 is 9.64 Å². The zero-order valence-electron chi connectivity index (χ0n) is 16.2. The molecule has 0 unspecified atom stereocenters. The van der Waals surface area contributed by atoms with Crippen LogP contribution in [0.15, 0.2) is 66.2 Å². The van der Waals surface area contributed by atoms with E-state index >= 15 is 0 Å². The number of carbonyl (C=O) groups is 1. The minimum absolute atomic E-state index is 0.256. The molecular formula is C22H15ClN4O2S2. The number of rotatable bonds is 5. The molecule has 0 saturated heterocycles. The van der Waals surface area contributed by atoms with Gasteiger partial charge in [0.05, 0.1) is 28.7 Å². The number of carbonyl (C=O) groups excluding carboxylic acids is 1. The summed E-state index contributed by atoms with van der Waals surface area (Å²) in [5.74, 6) is 0.396. The van der Waals surface area contributed by atoms with Gasteiger partial charge in [-0.15, -0.1) is 11.3 Å². The summed E-state index contributed by atoms with van der Waals surface area (Å²) >= 11 is 9.20. The van der Waals surface area contributed by atoms with E-state index in [-0.39, 0.29) is 5.91 Å². The van der Waals surface area contributed by atoms with E-state index in [0.29, 0.717) is 27.4 Å². The summed E-state index contributed by atoms with van der Waals surface area (Å²) < 4.78 is 8.21. The quantitative estimate of drug-likeness (QED) is 0.296. The highest BCUT2D eigenvalue weighted by Crippen LogP contribution is 2.35. The number of hydrogen-bond donors (Lipinski definition) is 0. The van der Waals surface area contributed by atoms with Gasteiger partial charge in [-0.3, -0.25) is 14.1 Å². The number of ether oxygens (including phenoxy) is 1. The van der Waals surface area contributed by atoms with Crippen LogP contribution in [-0.4, -0.2) is 27.4 Å². The number of aromatic nitrogens is 3. The first-order chi connectivity index (χ1) is 15.1. The van der Waals surface area contributed by atoms with Crippen LogP contribution >= 0.6 is 34.3 Å². The van der Waals surface area contributed by atoms with Crippen molar-refractivity contribution in [1.29, 1.82) is 0 Å². The van der Waals surface area contributed by atoms with Crippen molar-refractivity contribution in [2.45, 2.75) is 0 Å². The molecule has 0 N–H and O–H groups in total. The smallest absolute Gasteiger partial charge is 0.257 e. The molecule has 0 aliphatic carbocycles. The zero-order valence-corrected chi connectivity index (χ0v) is 18.6. The molecule has 9 heteroatoms. The fraction of sp³-hybridized carbons (Fsp3) is 0.0455. The average molecular weight is 467 g/mol. The first-order valence-corrected chi connectivity index (χ1v) is 11.3. The number of halogens is 1. The summed E-state index contributed by atoms with van der Waals surface area (Å²) in [5.41, 5.74) is 2.15. The predicted octanol–water partition coefficient (Wildman–Crippen LogP) is 6.05. The van der Waals surface area contributed by atoms with E-state index in [1.54, 1.807) is 24.2 Å². The van der Waals surface area contributed by atoms with Gasteiger partial charge in [-0.25, -0.2) is 9.97 Å². The maximum Gasteiger partial charge on any atom is 0.257 e. The van der Waals surface area contributed by atoms with Crippen LogP contribution in [0.1, 0.15) is 5.69 Å². The Bertz CT molecular complexity index is 1400. The van der Waals surface area contributed by atoms with Crippen molar-refractivity contribution in [3.63, 3.8) is 0 Å². The number of amides is 1. The van der Waals surface area contributed by atoms with Crippen LogP contribution in [0.4, 0.5) is 10.8 Å². The molecule has 5 rings (SSSR count). The van der Waals surface area contributed by atoms with Crippen molar-refractivity contribution in [2.75, 3.05) is 12.0 Å². The standard InChI is InChI=1S/C22H15ClN4O2S2/c1-29-15-6-4-5-14(13-15)27(22-24-16-7-2-3-8-18(16)31-22)19(28)10-9-17-20(23)25-21-26(17)11-12-30-21/h2-13H,1H3. The molecule has 0 bridgehead atoms. The second-order valence-electron chi connectivity index (χ2n) is 6.52. The van der Waals surface area contributed by atoms with E-state index in [9.17, 15) is 4.79 Å². The minimum Gasteiger partial charge on any atom is -0.497 e. The average Bonchev–Trinajstić information content (AvgIpc) is 3.47. The van der Waals surface area contributed by atoms with E-state index in [1.807, 2.05) is 58.4 Å². The van der Waals surface area contributed by atoms with Gasteiger partial charge in [-0.2, -0.15) is 0 Å². The van der Waals surface area contributed by atoms with Crippen molar-refractivity contribution < 1.29 is 9.53 Å². The van der Waals surface area contributed by atoms with Gasteiger partial charge in [0.15, 0.2) is 15.2 Å². The Morgan fingerprint density at radius 1 is 1.19 bits per heavy atom. The number of anilines is 2. The Hall–Kier alpha value is -3.20. The SMILES string of the molecule is COc1cccc(N(C(=O)C=Cc2c(Cl)nc3sccn23)c2nc3ccccc3s2)c1. The van der Waals surface area contributed by atoms with Crippen LogP contribution in [0.5, 0.6) is 5.75 Å². The molecule has 0 atom stereocenters. The second kappa shape index (κ2) is 8.14. The third-order valence-electron chi connectivity index (χ3n) is 4.64. The number of thiazole rings is 2. The van der Waals surface area contributed by atoms with Gasteiger partial charge in [-0.1, -0.05) is 41.1 Å². The van der Waals surface area contributed by atoms with Crippen molar-refractivity contribution in [1.82, 2.24) is 14.4 Å². The van der Waals surface area contributed by atoms with E-state index in [1.165, 1.54) is 28.7 Å². The lowest BCUT2D eigenvalue weighted by atomic mass is 10.2. The number of imidazole rings is 1. The molecule has 31 heavy (non-hydrogen) atoms. The maximum atomic E-state index is 13.4. The molecule has 0 saturated carbocycles. The molecule has 2 aromatic carbocycles. The molecule has 0 spiro atoms. The van der Waals surface area contributed by atoms with E-state index in [2.05, 4.69) is 9.97 Å². The van der Waals surface area contributed by atoms with Crippen molar-refractivity contribution in [3.05, 3.63) is 77.0 Å². The van der Waals surface area contributed by atoms with Crippen LogP contribution in [0.2, 0.25) is 5.15 Å². The predicted molar refractivity (Wildman–Crippen MR) is 127 cm³/mol. The summed E-state index contributed by atoms with van der Waals surface area (Å²) in [6, 6.07) is 15.1. The first kappa shape index (κ1) is 19.7. The molecule has 0 aliphatic heterocycles. The van der Waals surface area contributed by atoms with Crippen molar-refractivity contribution in [2.24, 2.45) is 0 Å². The third-order valence-corrected chi connectivity index (χ3v) is 6.70. The highest BCUT2D eigenvalue weighted by atomic mass is 35.5. The summed E-state index contributed by atoms with van der Waals surface area (Å²) in [6.07, 6.45) is 5.03. The fourth-order valence-corrected chi connectivity index (χ4v) is 5.19. The molecule has 3 heterocycles. The number of benzene rings is 2. The summed E-state index contributed by atoms with van der Waals surface area (Å²) in [5, 5.41) is 2.84. The molecule has 154 valence electrons. The number of para-hydroxylation sites is 1. The van der Waals surface area contributed by atoms with Gasteiger partial charge in [-0.05, 0) is 30.3 Å². The third kappa shape index (κ3) is 3.69. The molecule has 0 aliphatic rings. The highest BCUT2D eigenvalue weighted by Gasteiger charge is 2.21. The van der Waals surface area contributed by atoms with Gasteiger partial charge < -0.3 is 4.74 Å². The largest absolute Gasteiger partial charge is 0.497 e. The zero-order chi connectivity index (χ0) is 21.4. The van der Waals surface area contributed by atoms with E-state index in [4.69, 9.17) is 16.3 Å². The first-order valence-electron chi connectivity index (χ1n) is 9.27. The van der Waals surface area contributed by atoms with E-state index < -0.39 is 0 Å². The Morgan fingerprint density at radius 3 is 2.90 bits per heavy atom. The Labute approximate surface area is 190 Å². The van der Waals surface area contributed by atoms with E-state index in [0.717, 1.165) is 15.2 Å². The van der Waals surface area contributed by atoms with Gasteiger partial charge in [0, 0.05) is 23.7 Å². The molecule has 0 fully saturated rings. The Morgan fingerprint density at radius 2 is 2.06 bits per heavy atom. The van der Waals surface area contributed by atoms with Crippen LogP contribution in [0, 0.1) is 0 Å². The molecule has 6 nitrogen and oxygen atoms in total. The molecule has 0 radical (unpaired) electrons. The van der Waals surface area contributed by atoms with Gasteiger partial charge in [0.2, 0.25) is 0 Å². The summed E-state index contributed by atoms with van der Waals surface area (Å²) in [7, 11) is 1.59. The number of methoxy groups -OCH3 is 1. The fourth-order valence-electron chi connectivity index (χ4n) is 3.19. The lowest BCUT2D eigenvalue weighted by Crippen LogP contribution is -2.23. The normalized spacial score (nSPS) is 11.5. The van der Waals surface area contributed by atoms with Crippen LogP contribution in [0.25, 0.3) is 21.3 Å². The van der Waals surface area contributed by atoms with Gasteiger partial charge in [0.25, 0.3) is 5.91 Å². The molecule has 3 aromatic heterocycles. The molecule has 5 aromatic rings. The van der Waals surface area contributed by atoms with Crippen molar-refractivity contribution >= 4 is 72.3 Å². The molecular weight excluding hydrogens is 452 g/mol. The lowest BCUT2D eigenvalue weighted by Gasteiger charge is -2.19. The Balaban J connectivity index is 1.58. The Kier molecular flexibility index (Phi) is 5.19. The van der Waals surface area contributed by atoms with Crippen LogP contribution in [0.3, 0.4) is 0 Å². The molecule has 1 amide bonds. The van der Waals surface area contributed by atoms with Crippen LogP contribution in [-0.2, 0) is 4.79 Å². The summed E-state index contributed by atoms with van der Waals surface area (Å²) in [4.78, 5) is 24.7. The van der Waals surface area contributed by atoms with Gasteiger partial charge in [0.1, 0.15) is 5.75 Å². The maximum absolute atomic E-state index is 13.4. The monoisotopic (exact) mass is 466 g/mol.